The quantitative estimate of drug-likeness (QED) is 0.477. The molecule has 0 atom stereocenters. The molecular weight excluding hydrogens is 368 g/mol. The molecule has 144 valence electrons. The van der Waals surface area contributed by atoms with Crippen molar-refractivity contribution in [2.45, 2.75) is 20.5 Å². The van der Waals surface area contributed by atoms with E-state index in [4.69, 9.17) is 30.5 Å². The topological polar surface area (TPSA) is 54.0 Å². The summed E-state index contributed by atoms with van der Waals surface area (Å²) in [5.41, 5.74) is 2.58. The molecule has 0 bridgehead atoms. The molecule has 0 unspecified atom stereocenters. The van der Waals surface area contributed by atoms with Crippen molar-refractivity contribution in [1.82, 2.24) is 0 Å². The fourth-order valence-corrected chi connectivity index (χ4v) is 2.82. The molecule has 6 heteroatoms. The Balaban J connectivity index is 2.07. The fourth-order valence-electron chi connectivity index (χ4n) is 2.53. The predicted molar refractivity (Wildman–Crippen MR) is 106 cm³/mol. The number of hydrogen-bond donors (Lipinski definition) is 0. The fraction of sp³-hybridized carbons (Fsp3) is 0.286. The normalized spacial score (nSPS) is 10.7. The Morgan fingerprint density at radius 2 is 1.89 bits per heavy atom. The molecule has 0 N–H and O–H groups in total. The zero-order chi connectivity index (χ0) is 19.8. The molecule has 27 heavy (non-hydrogen) atoms. The summed E-state index contributed by atoms with van der Waals surface area (Å²) in [7, 11) is 3.11. The lowest BCUT2D eigenvalue weighted by Crippen LogP contribution is -2.02. The molecule has 2 aromatic carbocycles. The molecule has 0 aliphatic rings. The van der Waals surface area contributed by atoms with Crippen molar-refractivity contribution in [3.8, 4) is 17.2 Å². The molecule has 0 aromatic heterocycles. The van der Waals surface area contributed by atoms with Crippen molar-refractivity contribution in [3.63, 3.8) is 0 Å². The molecule has 0 aliphatic carbocycles. The van der Waals surface area contributed by atoms with E-state index in [0.717, 1.165) is 11.1 Å². The first-order valence-electron chi connectivity index (χ1n) is 8.47. The largest absolute Gasteiger partial charge is 0.496 e. The minimum Gasteiger partial charge on any atom is -0.496 e. The highest BCUT2D eigenvalue weighted by Crippen LogP contribution is 2.36. The second-order valence-corrected chi connectivity index (χ2v) is 6.13. The van der Waals surface area contributed by atoms with E-state index < -0.39 is 5.97 Å². The van der Waals surface area contributed by atoms with Crippen molar-refractivity contribution < 1.29 is 23.7 Å². The molecule has 0 spiro atoms. The zero-order valence-electron chi connectivity index (χ0n) is 15.9. The number of carbonyl (C=O) groups is 1. The van der Waals surface area contributed by atoms with Crippen LogP contribution in [-0.4, -0.2) is 26.8 Å². The van der Waals surface area contributed by atoms with Gasteiger partial charge in [-0.15, -0.1) is 0 Å². The Hall–Kier alpha value is -2.66. The van der Waals surface area contributed by atoms with E-state index in [1.165, 1.54) is 13.2 Å². The van der Waals surface area contributed by atoms with Gasteiger partial charge in [0.25, 0.3) is 0 Å². The molecule has 0 amide bonds. The van der Waals surface area contributed by atoms with Crippen LogP contribution in [-0.2, 0) is 16.1 Å². The maximum Gasteiger partial charge on any atom is 0.331 e. The van der Waals surface area contributed by atoms with Crippen molar-refractivity contribution in [3.05, 3.63) is 58.1 Å². The van der Waals surface area contributed by atoms with Crippen LogP contribution in [0.2, 0.25) is 5.02 Å². The van der Waals surface area contributed by atoms with Gasteiger partial charge in [-0.3, -0.25) is 0 Å². The third-order valence-corrected chi connectivity index (χ3v) is 4.03. The zero-order valence-corrected chi connectivity index (χ0v) is 16.6. The molecule has 0 saturated heterocycles. The third-order valence-electron chi connectivity index (χ3n) is 3.75. The number of ether oxygens (including phenoxy) is 4. The van der Waals surface area contributed by atoms with Gasteiger partial charge in [0, 0.05) is 11.6 Å². The van der Waals surface area contributed by atoms with Crippen LogP contribution in [0.5, 0.6) is 17.2 Å². The van der Waals surface area contributed by atoms with E-state index in [0.29, 0.717) is 34.4 Å². The number of esters is 1. The summed E-state index contributed by atoms with van der Waals surface area (Å²) in [5.74, 6) is 1.19. The molecular formula is C21H23ClO5. The molecule has 2 aromatic rings. The first kappa shape index (κ1) is 20.6. The molecule has 5 nitrogen and oxygen atoms in total. The Morgan fingerprint density at radius 1 is 1.11 bits per heavy atom. The van der Waals surface area contributed by atoms with E-state index in [2.05, 4.69) is 0 Å². The number of methoxy groups -OCH3 is 2. The lowest BCUT2D eigenvalue weighted by atomic mass is 10.1. The van der Waals surface area contributed by atoms with Crippen molar-refractivity contribution in [2.24, 2.45) is 0 Å². The maximum absolute atomic E-state index is 12.1. The van der Waals surface area contributed by atoms with E-state index in [1.54, 1.807) is 25.3 Å². The van der Waals surface area contributed by atoms with Gasteiger partial charge in [-0.05, 0) is 49.8 Å². The number of benzene rings is 2. The number of carbonyl (C=O) groups excluding carboxylic acids is 1. The Bertz CT molecular complexity index is 830. The number of rotatable bonds is 8. The molecule has 0 saturated carbocycles. The molecule has 2 rings (SSSR count). The van der Waals surface area contributed by atoms with Crippen LogP contribution in [0.25, 0.3) is 6.08 Å². The average Bonchev–Trinajstić information content (AvgIpc) is 2.65. The lowest BCUT2D eigenvalue weighted by Gasteiger charge is -2.11. The number of hydrogen-bond acceptors (Lipinski definition) is 5. The summed E-state index contributed by atoms with van der Waals surface area (Å²) in [6.07, 6.45) is 2.96. The lowest BCUT2D eigenvalue weighted by molar-refractivity contribution is -0.138. The first-order chi connectivity index (χ1) is 13.0. The second-order valence-electron chi connectivity index (χ2n) is 5.72. The van der Waals surface area contributed by atoms with Gasteiger partial charge < -0.3 is 18.9 Å². The van der Waals surface area contributed by atoms with E-state index >= 15 is 0 Å². The Morgan fingerprint density at radius 3 is 2.56 bits per heavy atom. The minimum absolute atomic E-state index is 0.127. The second kappa shape index (κ2) is 9.88. The summed E-state index contributed by atoms with van der Waals surface area (Å²) in [4.78, 5) is 12.1. The summed E-state index contributed by atoms with van der Waals surface area (Å²) in [6, 6.07) is 9.15. The first-order valence-corrected chi connectivity index (χ1v) is 8.85. The molecule has 0 fully saturated rings. The van der Waals surface area contributed by atoms with Crippen molar-refractivity contribution in [1.29, 1.82) is 0 Å². The Kier molecular flexibility index (Phi) is 7.55. The van der Waals surface area contributed by atoms with Gasteiger partial charge in [-0.25, -0.2) is 4.79 Å². The summed E-state index contributed by atoms with van der Waals surface area (Å²) >= 11 is 6.21. The highest BCUT2D eigenvalue weighted by atomic mass is 35.5. The van der Waals surface area contributed by atoms with Crippen LogP contribution in [0.4, 0.5) is 0 Å². The van der Waals surface area contributed by atoms with Gasteiger partial charge in [0.15, 0.2) is 11.5 Å². The summed E-state index contributed by atoms with van der Waals surface area (Å²) in [6.45, 7) is 4.43. The maximum atomic E-state index is 12.1. The molecule has 0 radical (unpaired) electrons. The van der Waals surface area contributed by atoms with Crippen molar-refractivity contribution in [2.75, 3.05) is 20.8 Å². The smallest absolute Gasteiger partial charge is 0.331 e. The van der Waals surface area contributed by atoms with Gasteiger partial charge in [0.1, 0.15) is 12.4 Å². The highest BCUT2D eigenvalue weighted by molar-refractivity contribution is 6.32. The molecule has 0 aliphatic heterocycles. The number of halogens is 1. The van der Waals surface area contributed by atoms with Gasteiger partial charge in [-0.1, -0.05) is 23.2 Å². The summed E-state index contributed by atoms with van der Waals surface area (Å²) < 4.78 is 21.4. The molecule has 0 heterocycles. The van der Waals surface area contributed by atoms with Crippen LogP contribution in [0.1, 0.15) is 23.6 Å². The van der Waals surface area contributed by atoms with E-state index in [9.17, 15) is 4.79 Å². The van der Waals surface area contributed by atoms with Crippen LogP contribution in [0, 0.1) is 6.92 Å². The predicted octanol–water partition coefficient (Wildman–Crippen LogP) is 4.82. The summed E-state index contributed by atoms with van der Waals surface area (Å²) in [5, 5.41) is 0.404. The van der Waals surface area contributed by atoms with Gasteiger partial charge in [-0.2, -0.15) is 0 Å². The van der Waals surface area contributed by atoms with Gasteiger partial charge in [0.2, 0.25) is 0 Å². The van der Waals surface area contributed by atoms with Crippen LogP contribution < -0.4 is 14.2 Å². The van der Waals surface area contributed by atoms with Crippen LogP contribution in [0.15, 0.2) is 36.4 Å². The van der Waals surface area contributed by atoms with Crippen LogP contribution >= 0.6 is 11.6 Å². The van der Waals surface area contributed by atoms with Crippen LogP contribution in [0.3, 0.4) is 0 Å². The SMILES string of the molecule is CCOc1cc(/C=C/C(=O)OCc2cc(C)ccc2OC)cc(Cl)c1OC. The number of aryl methyl sites for hydroxylation is 1. The van der Waals surface area contributed by atoms with Gasteiger partial charge >= 0.3 is 5.97 Å². The third kappa shape index (κ3) is 5.66. The standard InChI is InChI=1S/C21H23ClO5/c1-5-26-19-12-15(11-17(22)21(19)25-4)7-9-20(23)27-13-16-10-14(2)6-8-18(16)24-3/h6-12H,5,13H2,1-4H3/b9-7+. The average molecular weight is 391 g/mol. The monoisotopic (exact) mass is 390 g/mol. The van der Waals surface area contributed by atoms with Gasteiger partial charge in [0.05, 0.1) is 25.8 Å². The van der Waals surface area contributed by atoms with E-state index in [1.807, 2.05) is 32.0 Å². The Labute approximate surface area is 164 Å². The van der Waals surface area contributed by atoms with E-state index in [-0.39, 0.29) is 6.61 Å². The van der Waals surface area contributed by atoms with Crippen molar-refractivity contribution >= 4 is 23.6 Å². The highest BCUT2D eigenvalue weighted by Gasteiger charge is 2.11. The minimum atomic E-state index is -0.469.